The molecule has 5 rings (SSSR count). The van der Waals surface area contributed by atoms with Crippen LogP contribution in [0, 0.1) is 23.1 Å². The molecule has 0 unspecified atom stereocenters. The first-order valence-corrected chi connectivity index (χ1v) is 10.4. The van der Waals surface area contributed by atoms with Gasteiger partial charge in [0.15, 0.2) is 6.61 Å². The zero-order chi connectivity index (χ0) is 23.3. The van der Waals surface area contributed by atoms with Crippen LogP contribution in [0.5, 0.6) is 5.75 Å². The van der Waals surface area contributed by atoms with Crippen LogP contribution in [0.1, 0.15) is 32.1 Å². The Hall–Kier alpha value is -2.56. The predicted molar refractivity (Wildman–Crippen MR) is 103 cm³/mol. The fourth-order valence-corrected chi connectivity index (χ4v) is 4.78. The minimum Gasteiger partial charge on any atom is -0.484 e. The molecule has 1 aromatic carbocycles. The lowest BCUT2D eigenvalue weighted by Gasteiger charge is -2.68. The normalized spacial score (nSPS) is 30.2. The molecule has 0 radical (unpaired) electrons. The Labute approximate surface area is 185 Å². The summed E-state index contributed by atoms with van der Waals surface area (Å²) in [4.78, 5) is 36.3. The second kappa shape index (κ2) is 7.79. The summed E-state index contributed by atoms with van der Waals surface area (Å²) in [6, 6.07) is 3.81. The van der Waals surface area contributed by atoms with Crippen LogP contribution in [0.3, 0.4) is 0 Å². The second-order valence-electron chi connectivity index (χ2n) is 8.85. The highest BCUT2D eigenvalue weighted by atomic mass is 35.5. The summed E-state index contributed by atoms with van der Waals surface area (Å²) >= 11 is 5.58. The number of hydrogen-bond acceptors (Lipinski definition) is 4. The molecular weight excluding hydrogens is 458 g/mol. The first-order chi connectivity index (χ1) is 14.9. The standard InChI is InChI=1S/C20H20ClF4N3O4/c21-13-2-1-12(5-14(13)22)32-6-15(29)26-19-7-18(8-19,9-19)17(31)28-27-16(30)10-3-11(4-10)20(23,24)25/h1-2,5,10-11H,3-4,6-9H2,(H,26,29)(H,27,30)(H,28,31)/t10-,11+,18?,19?. The van der Waals surface area contributed by atoms with E-state index >= 15 is 0 Å². The number of halogens is 5. The first-order valence-electron chi connectivity index (χ1n) is 9.97. The quantitative estimate of drug-likeness (QED) is 0.433. The van der Waals surface area contributed by atoms with Gasteiger partial charge >= 0.3 is 6.18 Å². The van der Waals surface area contributed by atoms with Crippen LogP contribution in [-0.4, -0.2) is 36.0 Å². The van der Waals surface area contributed by atoms with Gasteiger partial charge in [-0.05, 0) is 44.2 Å². The number of benzene rings is 1. The molecule has 0 saturated heterocycles. The molecule has 12 heteroatoms. The largest absolute Gasteiger partial charge is 0.484 e. The fourth-order valence-electron chi connectivity index (χ4n) is 4.66. The van der Waals surface area contributed by atoms with Crippen molar-refractivity contribution in [1.29, 1.82) is 0 Å². The molecule has 7 nitrogen and oxygen atoms in total. The van der Waals surface area contributed by atoms with Crippen LogP contribution >= 0.6 is 11.6 Å². The number of nitrogens with one attached hydrogen (secondary N) is 3. The van der Waals surface area contributed by atoms with Gasteiger partial charge in [0.25, 0.3) is 5.91 Å². The van der Waals surface area contributed by atoms with Gasteiger partial charge in [-0.3, -0.25) is 25.2 Å². The lowest BCUT2D eigenvalue weighted by molar-refractivity contribution is -0.205. The van der Waals surface area contributed by atoms with Crippen LogP contribution < -0.4 is 20.9 Å². The zero-order valence-corrected chi connectivity index (χ0v) is 17.4. The lowest BCUT2D eigenvalue weighted by Crippen LogP contribution is -2.79. The zero-order valence-electron chi connectivity index (χ0n) is 16.7. The smallest absolute Gasteiger partial charge is 0.391 e. The highest BCUT2D eigenvalue weighted by Crippen LogP contribution is 2.67. The second-order valence-corrected chi connectivity index (χ2v) is 9.26. The average molecular weight is 478 g/mol. The molecule has 2 bridgehead atoms. The Morgan fingerprint density at radius 3 is 2.38 bits per heavy atom. The van der Waals surface area contributed by atoms with Crippen molar-refractivity contribution in [3.8, 4) is 5.75 Å². The van der Waals surface area contributed by atoms with Gasteiger partial charge in [-0.1, -0.05) is 11.6 Å². The Balaban J connectivity index is 1.15. The molecule has 0 atom stereocenters. The summed E-state index contributed by atoms with van der Waals surface area (Å²) in [5, 5.41) is 2.74. The van der Waals surface area contributed by atoms with Crippen molar-refractivity contribution in [3.63, 3.8) is 0 Å². The molecule has 32 heavy (non-hydrogen) atoms. The molecule has 0 aliphatic heterocycles. The van der Waals surface area contributed by atoms with Gasteiger partial charge in [-0.15, -0.1) is 0 Å². The third-order valence-electron chi connectivity index (χ3n) is 6.45. The van der Waals surface area contributed by atoms with E-state index in [1.807, 2.05) is 0 Å². The van der Waals surface area contributed by atoms with E-state index in [0.717, 1.165) is 6.07 Å². The van der Waals surface area contributed by atoms with Gasteiger partial charge in [0, 0.05) is 17.5 Å². The number of hydrazine groups is 1. The Bertz CT molecular complexity index is 945. The molecule has 174 valence electrons. The molecule has 1 aromatic rings. The molecule has 0 spiro atoms. The number of alkyl halides is 3. The van der Waals surface area contributed by atoms with Gasteiger partial charge < -0.3 is 10.1 Å². The van der Waals surface area contributed by atoms with Crippen molar-refractivity contribution in [2.75, 3.05) is 6.61 Å². The third-order valence-corrected chi connectivity index (χ3v) is 6.76. The van der Waals surface area contributed by atoms with Crippen molar-refractivity contribution in [3.05, 3.63) is 29.0 Å². The molecule has 0 heterocycles. The van der Waals surface area contributed by atoms with Crippen molar-refractivity contribution in [2.45, 2.75) is 43.8 Å². The van der Waals surface area contributed by atoms with E-state index in [0.29, 0.717) is 19.3 Å². The highest BCUT2D eigenvalue weighted by Gasteiger charge is 2.72. The SMILES string of the molecule is O=C(COc1ccc(Cl)c(F)c1)NC12CC(C(=O)NNC(=O)[C@H]3C[C@@H](C(F)(F)F)C3)(C1)C2. The summed E-state index contributed by atoms with van der Waals surface area (Å²) in [7, 11) is 0. The van der Waals surface area contributed by atoms with E-state index in [-0.39, 0.29) is 30.2 Å². The van der Waals surface area contributed by atoms with E-state index in [4.69, 9.17) is 16.3 Å². The number of hydrogen-bond donors (Lipinski definition) is 3. The minimum atomic E-state index is -4.30. The van der Waals surface area contributed by atoms with Crippen LogP contribution in [0.15, 0.2) is 18.2 Å². The summed E-state index contributed by atoms with van der Waals surface area (Å²) in [6.45, 7) is -0.335. The number of ether oxygens (including phenoxy) is 1. The molecule has 4 aliphatic carbocycles. The van der Waals surface area contributed by atoms with E-state index in [9.17, 15) is 31.9 Å². The maximum absolute atomic E-state index is 13.4. The predicted octanol–water partition coefficient (Wildman–Crippen LogP) is 2.63. The van der Waals surface area contributed by atoms with Crippen LogP contribution in [0.25, 0.3) is 0 Å². The van der Waals surface area contributed by atoms with E-state index in [1.165, 1.54) is 12.1 Å². The Morgan fingerprint density at radius 1 is 1.12 bits per heavy atom. The maximum Gasteiger partial charge on any atom is 0.391 e. The first kappa shape index (κ1) is 22.6. The molecule has 4 fully saturated rings. The van der Waals surface area contributed by atoms with Crippen molar-refractivity contribution in [1.82, 2.24) is 16.2 Å². The van der Waals surface area contributed by atoms with Gasteiger partial charge in [0.05, 0.1) is 16.4 Å². The number of carbonyl (C=O) groups excluding carboxylic acids is 3. The average Bonchev–Trinajstić information content (AvgIpc) is 2.60. The third kappa shape index (κ3) is 4.22. The number of rotatable bonds is 6. The molecule has 3 amide bonds. The number of carbonyl (C=O) groups is 3. The van der Waals surface area contributed by atoms with Crippen LogP contribution in [0.2, 0.25) is 5.02 Å². The fraction of sp³-hybridized carbons (Fsp3) is 0.550. The summed E-state index contributed by atoms with van der Waals surface area (Å²) in [5.74, 6) is -4.24. The molecule has 3 N–H and O–H groups in total. The Morgan fingerprint density at radius 2 is 1.78 bits per heavy atom. The van der Waals surface area contributed by atoms with Crippen molar-refractivity contribution < 1.29 is 36.7 Å². The van der Waals surface area contributed by atoms with E-state index < -0.39 is 52.5 Å². The van der Waals surface area contributed by atoms with E-state index in [2.05, 4.69) is 16.2 Å². The topological polar surface area (TPSA) is 96.5 Å². The summed E-state index contributed by atoms with van der Waals surface area (Å²) < 4.78 is 56.1. The molecule has 0 aromatic heterocycles. The van der Waals surface area contributed by atoms with Gasteiger partial charge in [0.1, 0.15) is 11.6 Å². The van der Waals surface area contributed by atoms with Gasteiger partial charge in [-0.2, -0.15) is 13.2 Å². The van der Waals surface area contributed by atoms with Crippen LogP contribution in [-0.2, 0) is 14.4 Å². The molecule has 4 saturated carbocycles. The van der Waals surface area contributed by atoms with E-state index in [1.54, 1.807) is 0 Å². The minimum absolute atomic E-state index is 0.0615. The Kier molecular flexibility index (Phi) is 5.51. The molecule has 4 aliphatic rings. The van der Waals surface area contributed by atoms with Crippen molar-refractivity contribution in [2.24, 2.45) is 17.3 Å². The lowest BCUT2D eigenvalue weighted by atomic mass is 9.39. The number of amides is 3. The summed E-state index contributed by atoms with van der Waals surface area (Å²) in [6.07, 6.45) is -3.74. The van der Waals surface area contributed by atoms with Gasteiger partial charge in [-0.25, -0.2) is 4.39 Å². The monoisotopic (exact) mass is 477 g/mol. The molecular formula is C20H20ClF4N3O4. The van der Waals surface area contributed by atoms with Crippen LogP contribution in [0.4, 0.5) is 17.6 Å². The van der Waals surface area contributed by atoms with Gasteiger partial charge in [0.2, 0.25) is 11.8 Å². The maximum atomic E-state index is 13.4. The summed E-state index contributed by atoms with van der Waals surface area (Å²) in [5.41, 5.74) is 3.25. The highest BCUT2D eigenvalue weighted by molar-refractivity contribution is 6.30. The van der Waals surface area contributed by atoms with Crippen molar-refractivity contribution >= 4 is 29.3 Å².